The summed E-state index contributed by atoms with van der Waals surface area (Å²) in [5, 5.41) is 9.14. The third-order valence-electron chi connectivity index (χ3n) is 3.56. The average molecular weight is 317 g/mol. The van der Waals surface area contributed by atoms with Gasteiger partial charge in [0.05, 0.1) is 5.75 Å². The smallest absolute Gasteiger partial charge is 0.217 e. The summed E-state index contributed by atoms with van der Waals surface area (Å²) in [6.07, 6.45) is 1.62. The van der Waals surface area contributed by atoms with Crippen LogP contribution >= 0.6 is 0 Å². The third-order valence-corrected chi connectivity index (χ3v) is 5.36. The summed E-state index contributed by atoms with van der Waals surface area (Å²) in [5.41, 5.74) is 0. The molecule has 1 fully saturated rings. The Labute approximate surface area is 124 Å². The van der Waals surface area contributed by atoms with E-state index in [-0.39, 0.29) is 30.7 Å². The van der Waals surface area contributed by atoms with Crippen molar-refractivity contribution >= 4 is 10.0 Å². The summed E-state index contributed by atoms with van der Waals surface area (Å²) in [7, 11) is -3.38. The second kappa shape index (κ2) is 7.20. The number of aliphatic hydroxyl groups is 1. The Morgan fingerprint density at radius 2 is 2.05 bits per heavy atom. The number of piperidine rings is 1. The molecular formula is C14H20FNO4S. The molecule has 0 radical (unpaired) electrons. The number of halogens is 1. The first-order valence-electron chi connectivity index (χ1n) is 6.98. The molecule has 1 saturated heterocycles. The summed E-state index contributed by atoms with van der Waals surface area (Å²) in [5.74, 6) is -0.0222. The van der Waals surface area contributed by atoms with Gasteiger partial charge in [0.1, 0.15) is 18.2 Å². The van der Waals surface area contributed by atoms with E-state index < -0.39 is 10.0 Å². The van der Waals surface area contributed by atoms with Crippen molar-refractivity contribution in [2.45, 2.75) is 12.8 Å². The summed E-state index contributed by atoms with van der Waals surface area (Å²) in [6.45, 7) is 0.900. The zero-order valence-corrected chi connectivity index (χ0v) is 12.6. The predicted octanol–water partition coefficient (Wildman–Crippen LogP) is 1.24. The number of rotatable bonds is 6. The van der Waals surface area contributed by atoms with E-state index in [4.69, 9.17) is 9.84 Å². The number of sulfonamides is 1. The van der Waals surface area contributed by atoms with Crippen molar-refractivity contribution in [2.75, 3.05) is 32.1 Å². The van der Waals surface area contributed by atoms with Crippen LogP contribution in [0.15, 0.2) is 24.3 Å². The largest absolute Gasteiger partial charge is 0.492 e. The maximum absolute atomic E-state index is 12.7. The molecule has 2 rings (SSSR count). The van der Waals surface area contributed by atoms with E-state index in [1.54, 1.807) is 0 Å². The lowest BCUT2D eigenvalue weighted by atomic mass is 10.0. The fourth-order valence-electron chi connectivity index (χ4n) is 2.35. The van der Waals surface area contributed by atoms with Crippen molar-refractivity contribution in [2.24, 2.45) is 5.92 Å². The fourth-order valence-corrected chi connectivity index (χ4v) is 3.75. The van der Waals surface area contributed by atoms with E-state index in [9.17, 15) is 12.8 Å². The van der Waals surface area contributed by atoms with E-state index in [1.807, 2.05) is 0 Å². The van der Waals surface area contributed by atoms with Gasteiger partial charge in [-0.3, -0.25) is 0 Å². The van der Waals surface area contributed by atoms with E-state index in [0.717, 1.165) is 12.8 Å². The van der Waals surface area contributed by atoms with Crippen LogP contribution in [0.4, 0.5) is 4.39 Å². The number of aliphatic hydroxyl groups excluding tert-OH is 1. The first kappa shape index (κ1) is 16.2. The molecule has 1 heterocycles. The molecule has 1 aliphatic rings. The van der Waals surface area contributed by atoms with Crippen LogP contribution in [-0.4, -0.2) is 49.9 Å². The van der Waals surface area contributed by atoms with Crippen molar-refractivity contribution in [3.05, 3.63) is 30.1 Å². The first-order valence-corrected chi connectivity index (χ1v) is 8.59. The van der Waals surface area contributed by atoms with Crippen molar-refractivity contribution in [3.8, 4) is 5.75 Å². The molecule has 0 bridgehead atoms. The quantitative estimate of drug-likeness (QED) is 0.857. The molecule has 0 aromatic heterocycles. The van der Waals surface area contributed by atoms with Crippen LogP contribution in [0.2, 0.25) is 0 Å². The highest BCUT2D eigenvalue weighted by Crippen LogP contribution is 2.19. The van der Waals surface area contributed by atoms with Crippen molar-refractivity contribution in [3.63, 3.8) is 0 Å². The number of hydrogen-bond acceptors (Lipinski definition) is 4. The second-order valence-electron chi connectivity index (χ2n) is 5.17. The van der Waals surface area contributed by atoms with Gasteiger partial charge in [0, 0.05) is 19.7 Å². The van der Waals surface area contributed by atoms with Crippen LogP contribution in [0, 0.1) is 11.7 Å². The molecule has 1 atom stereocenters. The third kappa shape index (κ3) is 4.66. The first-order chi connectivity index (χ1) is 10.0. The van der Waals surface area contributed by atoms with Crippen molar-refractivity contribution < 1.29 is 22.7 Å². The van der Waals surface area contributed by atoms with Gasteiger partial charge >= 0.3 is 0 Å². The van der Waals surface area contributed by atoms with Crippen LogP contribution in [0.5, 0.6) is 5.75 Å². The van der Waals surface area contributed by atoms with Crippen LogP contribution in [-0.2, 0) is 10.0 Å². The summed E-state index contributed by atoms with van der Waals surface area (Å²) in [6, 6.07) is 5.45. The normalized spacial score (nSPS) is 20.4. The van der Waals surface area contributed by atoms with Crippen LogP contribution in [0.3, 0.4) is 0 Å². The predicted molar refractivity (Wildman–Crippen MR) is 77.1 cm³/mol. The zero-order valence-electron chi connectivity index (χ0n) is 11.7. The van der Waals surface area contributed by atoms with E-state index in [2.05, 4.69) is 0 Å². The minimum atomic E-state index is -3.38. The summed E-state index contributed by atoms with van der Waals surface area (Å²) in [4.78, 5) is 0. The molecule has 0 spiro atoms. The average Bonchev–Trinajstić information content (AvgIpc) is 2.49. The Kier molecular flexibility index (Phi) is 5.55. The Bertz CT molecular complexity index is 547. The Morgan fingerprint density at radius 1 is 1.33 bits per heavy atom. The molecule has 1 unspecified atom stereocenters. The lowest BCUT2D eigenvalue weighted by Gasteiger charge is -2.30. The monoisotopic (exact) mass is 317 g/mol. The minimum Gasteiger partial charge on any atom is -0.492 e. The molecule has 1 aliphatic heterocycles. The summed E-state index contributed by atoms with van der Waals surface area (Å²) >= 11 is 0. The lowest BCUT2D eigenvalue weighted by molar-refractivity contribution is 0.165. The maximum atomic E-state index is 12.7. The number of ether oxygens (including phenoxy) is 1. The van der Waals surface area contributed by atoms with Gasteiger partial charge in [0.25, 0.3) is 0 Å². The Morgan fingerprint density at radius 3 is 2.71 bits per heavy atom. The Hall–Kier alpha value is -1.18. The molecule has 1 aromatic carbocycles. The van der Waals surface area contributed by atoms with Crippen molar-refractivity contribution in [1.82, 2.24) is 4.31 Å². The highest BCUT2D eigenvalue weighted by molar-refractivity contribution is 7.89. The van der Waals surface area contributed by atoms with Gasteiger partial charge in [-0.2, -0.15) is 0 Å². The standard InChI is InChI=1S/C14H20FNO4S/c15-13-3-5-14(6-4-13)20-8-9-21(18,19)16-7-1-2-12(10-16)11-17/h3-6,12,17H,1-2,7-11H2. The zero-order chi connectivity index (χ0) is 15.3. The number of hydrogen-bond donors (Lipinski definition) is 1. The number of nitrogens with zero attached hydrogens (tertiary/aromatic N) is 1. The molecular weight excluding hydrogens is 297 g/mol. The van der Waals surface area contributed by atoms with Crippen LogP contribution in [0.25, 0.3) is 0 Å². The molecule has 118 valence electrons. The molecule has 1 aromatic rings. The second-order valence-corrected chi connectivity index (χ2v) is 7.26. The molecule has 5 nitrogen and oxygen atoms in total. The Balaban J connectivity index is 1.84. The lowest BCUT2D eigenvalue weighted by Crippen LogP contribution is -2.42. The number of benzene rings is 1. The molecule has 0 amide bonds. The van der Waals surface area contributed by atoms with E-state index >= 15 is 0 Å². The van der Waals surface area contributed by atoms with Crippen molar-refractivity contribution in [1.29, 1.82) is 0 Å². The van der Waals surface area contributed by atoms with Crippen LogP contribution < -0.4 is 4.74 Å². The molecule has 7 heteroatoms. The minimum absolute atomic E-state index is 0.0120. The van der Waals surface area contributed by atoms with E-state index in [1.165, 1.54) is 28.6 Å². The van der Waals surface area contributed by atoms with Crippen LogP contribution in [0.1, 0.15) is 12.8 Å². The SMILES string of the molecule is O=S(=O)(CCOc1ccc(F)cc1)N1CCCC(CO)C1. The van der Waals surface area contributed by atoms with Gasteiger partial charge in [-0.15, -0.1) is 0 Å². The molecule has 21 heavy (non-hydrogen) atoms. The van der Waals surface area contributed by atoms with Gasteiger partial charge < -0.3 is 9.84 Å². The van der Waals surface area contributed by atoms with Gasteiger partial charge in [0.2, 0.25) is 10.0 Å². The van der Waals surface area contributed by atoms with Gasteiger partial charge in [0.15, 0.2) is 0 Å². The fraction of sp³-hybridized carbons (Fsp3) is 0.571. The highest BCUT2D eigenvalue weighted by Gasteiger charge is 2.28. The highest BCUT2D eigenvalue weighted by atomic mass is 32.2. The molecule has 1 N–H and O–H groups in total. The van der Waals surface area contributed by atoms with Gasteiger partial charge in [-0.25, -0.2) is 17.1 Å². The molecule has 0 saturated carbocycles. The summed E-state index contributed by atoms with van der Waals surface area (Å²) < 4.78 is 43.9. The topological polar surface area (TPSA) is 66.8 Å². The van der Waals surface area contributed by atoms with E-state index in [0.29, 0.717) is 18.8 Å². The maximum Gasteiger partial charge on any atom is 0.217 e. The van der Waals surface area contributed by atoms with Gasteiger partial charge in [-0.05, 0) is 43.0 Å². The molecule has 0 aliphatic carbocycles. The van der Waals surface area contributed by atoms with Gasteiger partial charge in [-0.1, -0.05) is 0 Å².